The number of guanidine groups is 1. The van der Waals surface area contributed by atoms with Crippen LogP contribution in [0.15, 0.2) is 47.5 Å². The number of halogens is 3. The lowest BCUT2D eigenvalue weighted by Gasteiger charge is -2.15. The molecule has 0 spiro atoms. The summed E-state index contributed by atoms with van der Waals surface area (Å²) in [4.78, 5) is 4.15. The van der Waals surface area contributed by atoms with Gasteiger partial charge in [0, 0.05) is 25.7 Å². The highest BCUT2D eigenvalue weighted by Crippen LogP contribution is 2.20. The SMILES string of the molecule is CN=C(NCc1ccc(OC)c(C)c1)NCc1ccccc1OC(F)F.I. The zero-order chi connectivity index (χ0) is 18.9. The maximum Gasteiger partial charge on any atom is 0.387 e. The largest absolute Gasteiger partial charge is 0.496 e. The molecule has 0 radical (unpaired) electrons. The van der Waals surface area contributed by atoms with Gasteiger partial charge in [-0.1, -0.05) is 30.3 Å². The maximum absolute atomic E-state index is 12.5. The molecule has 0 saturated heterocycles. The lowest BCUT2D eigenvalue weighted by Crippen LogP contribution is -2.36. The number of hydrogen-bond acceptors (Lipinski definition) is 3. The number of hydrogen-bond donors (Lipinski definition) is 2. The Hall–Kier alpha value is -2.10. The number of alkyl halides is 2. The minimum atomic E-state index is -2.85. The topological polar surface area (TPSA) is 54.9 Å². The zero-order valence-electron chi connectivity index (χ0n) is 15.5. The second kappa shape index (κ2) is 11.6. The summed E-state index contributed by atoms with van der Waals surface area (Å²) in [6, 6.07) is 12.6. The second-order valence-electron chi connectivity index (χ2n) is 5.57. The quantitative estimate of drug-likeness (QED) is 0.348. The molecular formula is C19H24F2IN3O2. The van der Waals surface area contributed by atoms with E-state index in [0.717, 1.165) is 16.9 Å². The number of para-hydroxylation sites is 1. The van der Waals surface area contributed by atoms with Crippen molar-refractivity contribution in [3.63, 3.8) is 0 Å². The van der Waals surface area contributed by atoms with Crippen molar-refractivity contribution < 1.29 is 18.3 Å². The molecule has 0 aliphatic heterocycles. The van der Waals surface area contributed by atoms with Gasteiger partial charge in [-0.05, 0) is 30.2 Å². The third-order valence-corrected chi connectivity index (χ3v) is 3.78. The molecule has 2 aromatic rings. The van der Waals surface area contributed by atoms with Crippen molar-refractivity contribution >= 4 is 29.9 Å². The van der Waals surface area contributed by atoms with E-state index in [1.165, 1.54) is 6.07 Å². The van der Waals surface area contributed by atoms with E-state index in [9.17, 15) is 8.78 Å². The van der Waals surface area contributed by atoms with Gasteiger partial charge in [0.05, 0.1) is 7.11 Å². The summed E-state index contributed by atoms with van der Waals surface area (Å²) in [7, 11) is 3.29. The van der Waals surface area contributed by atoms with Crippen LogP contribution in [0.5, 0.6) is 11.5 Å². The number of methoxy groups -OCH3 is 1. The van der Waals surface area contributed by atoms with Gasteiger partial charge in [-0.15, -0.1) is 24.0 Å². The Morgan fingerprint density at radius 1 is 1.07 bits per heavy atom. The van der Waals surface area contributed by atoms with Gasteiger partial charge in [-0.3, -0.25) is 4.99 Å². The number of aryl methyl sites for hydroxylation is 1. The number of aliphatic imine (C=N–C) groups is 1. The van der Waals surface area contributed by atoms with Gasteiger partial charge in [0.2, 0.25) is 0 Å². The van der Waals surface area contributed by atoms with Crippen LogP contribution in [0.1, 0.15) is 16.7 Å². The van der Waals surface area contributed by atoms with E-state index in [2.05, 4.69) is 20.4 Å². The Balaban J connectivity index is 0.00000364. The number of nitrogens with one attached hydrogen (secondary N) is 2. The fraction of sp³-hybridized carbons (Fsp3) is 0.316. The molecule has 0 aliphatic carbocycles. The van der Waals surface area contributed by atoms with Gasteiger partial charge in [-0.2, -0.15) is 8.78 Å². The smallest absolute Gasteiger partial charge is 0.387 e. The number of ether oxygens (including phenoxy) is 2. The number of benzene rings is 2. The van der Waals surface area contributed by atoms with E-state index in [4.69, 9.17) is 4.74 Å². The predicted molar refractivity (Wildman–Crippen MR) is 113 cm³/mol. The van der Waals surface area contributed by atoms with Crippen LogP contribution in [-0.4, -0.2) is 26.7 Å². The van der Waals surface area contributed by atoms with Crippen LogP contribution in [0.2, 0.25) is 0 Å². The summed E-state index contributed by atoms with van der Waals surface area (Å²) in [5.41, 5.74) is 2.75. The summed E-state index contributed by atoms with van der Waals surface area (Å²) >= 11 is 0. The molecule has 0 amide bonds. The van der Waals surface area contributed by atoms with Gasteiger partial charge in [0.15, 0.2) is 5.96 Å². The lowest BCUT2D eigenvalue weighted by molar-refractivity contribution is -0.0504. The molecule has 0 fully saturated rings. The Morgan fingerprint density at radius 3 is 2.41 bits per heavy atom. The van der Waals surface area contributed by atoms with E-state index in [1.807, 2.05) is 25.1 Å². The van der Waals surface area contributed by atoms with Crippen LogP contribution in [0.3, 0.4) is 0 Å². The van der Waals surface area contributed by atoms with E-state index >= 15 is 0 Å². The summed E-state index contributed by atoms with van der Waals surface area (Å²) in [5, 5.41) is 6.29. The van der Waals surface area contributed by atoms with Crippen LogP contribution in [-0.2, 0) is 13.1 Å². The Kier molecular flexibility index (Phi) is 9.84. The van der Waals surface area contributed by atoms with E-state index in [0.29, 0.717) is 24.6 Å². The molecule has 27 heavy (non-hydrogen) atoms. The highest BCUT2D eigenvalue weighted by Gasteiger charge is 2.09. The molecule has 5 nitrogen and oxygen atoms in total. The molecule has 8 heteroatoms. The fourth-order valence-electron chi connectivity index (χ4n) is 2.50. The molecule has 0 saturated carbocycles. The molecule has 0 aliphatic rings. The first-order valence-corrected chi connectivity index (χ1v) is 8.14. The maximum atomic E-state index is 12.5. The third-order valence-electron chi connectivity index (χ3n) is 3.78. The van der Waals surface area contributed by atoms with Crippen molar-refractivity contribution in [1.29, 1.82) is 0 Å². The number of nitrogens with zero attached hydrogens (tertiary/aromatic N) is 1. The molecular weight excluding hydrogens is 467 g/mol. The van der Waals surface area contributed by atoms with Gasteiger partial charge in [-0.25, -0.2) is 0 Å². The second-order valence-corrected chi connectivity index (χ2v) is 5.57. The van der Waals surface area contributed by atoms with Crippen LogP contribution in [0.4, 0.5) is 8.78 Å². The average Bonchev–Trinajstić information content (AvgIpc) is 2.62. The van der Waals surface area contributed by atoms with Crippen molar-refractivity contribution in [2.24, 2.45) is 4.99 Å². The van der Waals surface area contributed by atoms with Gasteiger partial charge >= 0.3 is 6.61 Å². The molecule has 2 aromatic carbocycles. The highest BCUT2D eigenvalue weighted by molar-refractivity contribution is 14.0. The molecule has 2 N–H and O–H groups in total. The van der Waals surface area contributed by atoms with E-state index in [-0.39, 0.29) is 29.7 Å². The summed E-state index contributed by atoms with van der Waals surface area (Å²) in [5.74, 6) is 1.55. The van der Waals surface area contributed by atoms with Crippen molar-refractivity contribution in [3.05, 3.63) is 59.2 Å². The predicted octanol–water partition coefficient (Wildman–Crippen LogP) is 4.09. The van der Waals surface area contributed by atoms with Crippen molar-refractivity contribution in [3.8, 4) is 11.5 Å². The van der Waals surface area contributed by atoms with Crippen LogP contribution >= 0.6 is 24.0 Å². The van der Waals surface area contributed by atoms with Gasteiger partial charge in [0.25, 0.3) is 0 Å². The van der Waals surface area contributed by atoms with E-state index in [1.54, 1.807) is 32.4 Å². The third kappa shape index (κ3) is 7.20. The Bertz CT molecular complexity index is 757. The summed E-state index contributed by atoms with van der Waals surface area (Å²) < 4.78 is 34.7. The molecule has 0 unspecified atom stereocenters. The van der Waals surface area contributed by atoms with Crippen molar-refractivity contribution in [2.75, 3.05) is 14.2 Å². The first kappa shape index (κ1) is 22.9. The standard InChI is InChI=1S/C19H23F2N3O2.HI/c1-13-10-14(8-9-16(13)25-3)11-23-19(22-2)24-12-15-6-4-5-7-17(15)26-18(20)21;/h4-10,18H,11-12H2,1-3H3,(H2,22,23,24);1H. The Morgan fingerprint density at radius 2 is 1.78 bits per heavy atom. The Labute approximate surface area is 175 Å². The zero-order valence-corrected chi connectivity index (χ0v) is 17.8. The first-order chi connectivity index (χ1) is 12.5. The summed E-state index contributed by atoms with van der Waals surface area (Å²) in [6.07, 6.45) is 0. The molecule has 0 atom stereocenters. The first-order valence-electron chi connectivity index (χ1n) is 8.14. The highest BCUT2D eigenvalue weighted by atomic mass is 127. The molecule has 0 bridgehead atoms. The lowest BCUT2D eigenvalue weighted by atomic mass is 10.1. The number of rotatable bonds is 7. The van der Waals surface area contributed by atoms with Crippen LogP contribution < -0.4 is 20.1 Å². The molecule has 0 heterocycles. The molecule has 0 aromatic heterocycles. The monoisotopic (exact) mass is 491 g/mol. The van der Waals surface area contributed by atoms with Gasteiger partial charge in [0.1, 0.15) is 11.5 Å². The minimum absolute atomic E-state index is 0. The van der Waals surface area contributed by atoms with Crippen LogP contribution in [0.25, 0.3) is 0 Å². The van der Waals surface area contributed by atoms with Crippen LogP contribution in [0, 0.1) is 6.92 Å². The minimum Gasteiger partial charge on any atom is -0.496 e. The molecule has 2 rings (SSSR count). The normalized spacial score (nSPS) is 11.0. The summed E-state index contributed by atoms with van der Waals surface area (Å²) in [6.45, 7) is 0.00564. The van der Waals surface area contributed by atoms with E-state index < -0.39 is 6.61 Å². The van der Waals surface area contributed by atoms with Crippen molar-refractivity contribution in [2.45, 2.75) is 26.6 Å². The van der Waals surface area contributed by atoms with Crippen molar-refractivity contribution in [1.82, 2.24) is 10.6 Å². The van der Waals surface area contributed by atoms with Gasteiger partial charge < -0.3 is 20.1 Å². The average molecular weight is 491 g/mol. The fourth-order valence-corrected chi connectivity index (χ4v) is 2.50. The molecule has 148 valence electrons.